The van der Waals surface area contributed by atoms with Crippen molar-refractivity contribution in [2.75, 3.05) is 13.7 Å². The van der Waals surface area contributed by atoms with Crippen molar-refractivity contribution in [1.82, 2.24) is 10.2 Å². The second-order valence-electron chi connectivity index (χ2n) is 7.43. The Bertz CT molecular complexity index is 1140. The van der Waals surface area contributed by atoms with Crippen LogP contribution in [0.25, 0.3) is 0 Å². The summed E-state index contributed by atoms with van der Waals surface area (Å²) in [5.74, 6) is -0.602. The largest absolute Gasteiger partial charge is 0.497 e. The summed E-state index contributed by atoms with van der Waals surface area (Å²) in [7, 11) is 1.59. The third-order valence-electron chi connectivity index (χ3n) is 5.32. The van der Waals surface area contributed by atoms with E-state index in [2.05, 4.69) is 5.32 Å². The third kappa shape index (κ3) is 4.05. The monoisotopic (exact) mass is 414 g/mol. The number of methoxy groups -OCH3 is 1. The molecule has 1 aliphatic heterocycles. The van der Waals surface area contributed by atoms with Gasteiger partial charge in [0, 0.05) is 0 Å². The van der Waals surface area contributed by atoms with Crippen molar-refractivity contribution in [2.24, 2.45) is 0 Å². The zero-order valence-electron chi connectivity index (χ0n) is 17.3. The highest BCUT2D eigenvalue weighted by Crippen LogP contribution is 2.26. The summed E-state index contributed by atoms with van der Waals surface area (Å²) in [5.41, 5.74) is 3.30. The van der Waals surface area contributed by atoms with E-state index in [-0.39, 0.29) is 6.54 Å². The smallest absolute Gasteiger partial charge is 0.262 e. The molecule has 0 aromatic heterocycles. The van der Waals surface area contributed by atoms with Gasteiger partial charge in [0.15, 0.2) is 0 Å². The number of amides is 3. The molecular weight excluding hydrogens is 392 g/mol. The fourth-order valence-electron chi connectivity index (χ4n) is 3.70. The van der Waals surface area contributed by atoms with Crippen molar-refractivity contribution in [3.8, 4) is 5.75 Å². The van der Waals surface area contributed by atoms with Crippen LogP contribution in [0.1, 0.15) is 43.4 Å². The van der Waals surface area contributed by atoms with Crippen LogP contribution < -0.4 is 10.1 Å². The van der Waals surface area contributed by atoms with Crippen molar-refractivity contribution in [3.05, 3.63) is 101 Å². The summed E-state index contributed by atoms with van der Waals surface area (Å²) in [6, 6.07) is 21.6. The molecule has 31 heavy (non-hydrogen) atoms. The zero-order chi connectivity index (χ0) is 22.0. The highest BCUT2D eigenvalue weighted by molar-refractivity contribution is 6.22. The van der Waals surface area contributed by atoms with Gasteiger partial charge in [-0.15, -0.1) is 0 Å². The quantitative estimate of drug-likeness (QED) is 0.627. The van der Waals surface area contributed by atoms with E-state index in [4.69, 9.17) is 4.74 Å². The number of carbonyl (C=O) groups excluding carboxylic acids is 3. The predicted molar refractivity (Wildman–Crippen MR) is 116 cm³/mol. The fraction of sp³-hybridized carbons (Fsp3) is 0.160. The molecule has 3 aromatic rings. The minimum absolute atomic E-state index is 0.332. The van der Waals surface area contributed by atoms with Crippen LogP contribution in [0.15, 0.2) is 72.8 Å². The second-order valence-corrected chi connectivity index (χ2v) is 7.43. The van der Waals surface area contributed by atoms with E-state index in [9.17, 15) is 14.4 Å². The van der Waals surface area contributed by atoms with Gasteiger partial charge in [-0.2, -0.15) is 0 Å². The van der Waals surface area contributed by atoms with Gasteiger partial charge >= 0.3 is 0 Å². The normalized spacial score (nSPS) is 13.7. The van der Waals surface area contributed by atoms with Crippen LogP contribution >= 0.6 is 0 Å². The van der Waals surface area contributed by atoms with Crippen molar-refractivity contribution < 1.29 is 19.1 Å². The van der Waals surface area contributed by atoms with E-state index >= 15 is 0 Å². The number of hydrogen-bond acceptors (Lipinski definition) is 4. The molecule has 0 aliphatic carbocycles. The maximum absolute atomic E-state index is 12.9. The first-order valence-electron chi connectivity index (χ1n) is 9.93. The van der Waals surface area contributed by atoms with Gasteiger partial charge in [0.25, 0.3) is 11.8 Å². The lowest BCUT2D eigenvalue weighted by molar-refractivity contribution is -0.121. The molecule has 1 atom stereocenters. The summed E-state index contributed by atoms with van der Waals surface area (Å²) in [5, 5.41) is 2.97. The molecule has 3 amide bonds. The second kappa shape index (κ2) is 8.44. The minimum Gasteiger partial charge on any atom is -0.497 e. The van der Waals surface area contributed by atoms with E-state index in [1.165, 1.54) is 0 Å². The summed E-state index contributed by atoms with van der Waals surface area (Å²) in [4.78, 5) is 39.3. The first-order valence-corrected chi connectivity index (χ1v) is 9.93. The number of imide groups is 1. The molecule has 0 radical (unpaired) electrons. The van der Waals surface area contributed by atoms with Gasteiger partial charge in [-0.3, -0.25) is 19.3 Å². The van der Waals surface area contributed by atoms with Gasteiger partial charge in [0.05, 0.1) is 24.3 Å². The SMILES string of the molecule is COc1ccc(C(NC(=O)CN2C(=O)c3ccc(C)cc3C2=O)c2ccccc2)cc1. The maximum Gasteiger partial charge on any atom is 0.262 e. The Labute approximate surface area is 180 Å². The van der Waals surface area contributed by atoms with Gasteiger partial charge in [-0.25, -0.2) is 0 Å². The number of benzene rings is 3. The number of fused-ring (bicyclic) bond motifs is 1. The number of nitrogens with one attached hydrogen (secondary N) is 1. The molecule has 0 spiro atoms. The summed E-state index contributed by atoms with van der Waals surface area (Å²) in [6.45, 7) is 1.51. The summed E-state index contributed by atoms with van der Waals surface area (Å²) < 4.78 is 5.22. The molecule has 1 heterocycles. The van der Waals surface area contributed by atoms with Crippen molar-refractivity contribution in [2.45, 2.75) is 13.0 Å². The Morgan fingerprint density at radius 3 is 2.23 bits per heavy atom. The lowest BCUT2D eigenvalue weighted by atomic mass is 9.98. The molecule has 0 bridgehead atoms. The molecule has 3 aromatic carbocycles. The number of carbonyl (C=O) groups is 3. The van der Waals surface area contributed by atoms with E-state index in [1.54, 1.807) is 25.3 Å². The van der Waals surface area contributed by atoms with Crippen LogP contribution in [0.5, 0.6) is 5.75 Å². The molecule has 1 N–H and O–H groups in total. The molecule has 156 valence electrons. The molecule has 0 saturated heterocycles. The Balaban J connectivity index is 1.55. The van der Waals surface area contributed by atoms with E-state index < -0.39 is 23.8 Å². The molecule has 4 rings (SSSR count). The van der Waals surface area contributed by atoms with Gasteiger partial charge in [0.1, 0.15) is 12.3 Å². The molecule has 0 saturated carbocycles. The molecule has 0 fully saturated rings. The first kappa shape index (κ1) is 20.3. The Kier molecular flexibility index (Phi) is 5.54. The minimum atomic E-state index is -0.448. The maximum atomic E-state index is 12.9. The number of hydrogen-bond donors (Lipinski definition) is 1. The molecule has 6 heteroatoms. The standard InChI is InChI=1S/C25H22N2O4/c1-16-8-13-20-21(14-16)25(30)27(24(20)29)15-22(28)26-23(17-6-4-3-5-7-17)18-9-11-19(31-2)12-10-18/h3-14,23H,15H2,1-2H3,(H,26,28). The Hall–Kier alpha value is -3.93. The lowest BCUT2D eigenvalue weighted by Gasteiger charge is -2.22. The topological polar surface area (TPSA) is 75.7 Å². The number of nitrogens with zero attached hydrogens (tertiary/aromatic N) is 1. The highest BCUT2D eigenvalue weighted by atomic mass is 16.5. The van der Waals surface area contributed by atoms with E-state index in [0.717, 1.165) is 21.6 Å². The van der Waals surface area contributed by atoms with Gasteiger partial charge < -0.3 is 10.1 Å². The van der Waals surface area contributed by atoms with Gasteiger partial charge in [0.2, 0.25) is 5.91 Å². The van der Waals surface area contributed by atoms with Crippen LogP contribution in [-0.4, -0.2) is 36.3 Å². The average Bonchev–Trinajstić information content (AvgIpc) is 3.02. The van der Waals surface area contributed by atoms with Crippen molar-refractivity contribution in [1.29, 1.82) is 0 Å². The molecule has 1 aliphatic rings. The number of ether oxygens (including phenoxy) is 1. The Morgan fingerprint density at radius 2 is 1.55 bits per heavy atom. The highest BCUT2D eigenvalue weighted by Gasteiger charge is 2.36. The molecule has 1 unspecified atom stereocenters. The van der Waals surface area contributed by atoms with Crippen LogP contribution in [0.3, 0.4) is 0 Å². The first-order chi connectivity index (χ1) is 15.0. The Morgan fingerprint density at radius 1 is 0.903 bits per heavy atom. The van der Waals surface area contributed by atoms with Crippen LogP contribution in [0.2, 0.25) is 0 Å². The van der Waals surface area contributed by atoms with E-state index in [1.807, 2.05) is 61.5 Å². The van der Waals surface area contributed by atoms with Crippen LogP contribution in [0.4, 0.5) is 0 Å². The lowest BCUT2D eigenvalue weighted by Crippen LogP contribution is -2.41. The summed E-state index contributed by atoms with van der Waals surface area (Å²) >= 11 is 0. The number of rotatable bonds is 6. The van der Waals surface area contributed by atoms with Crippen LogP contribution in [0, 0.1) is 6.92 Å². The summed E-state index contributed by atoms with van der Waals surface area (Å²) in [6.07, 6.45) is 0. The zero-order valence-corrected chi connectivity index (χ0v) is 17.3. The molecule has 6 nitrogen and oxygen atoms in total. The number of aryl methyl sites for hydroxylation is 1. The van der Waals surface area contributed by atoms with Crippen molar-refractivity contribution >= 4 is 17.7 Å². The third-order valence-corrected chi connectivity index (χ3v) is 5.32. The van der Waals surface area contributed by atoms with E-state index in [0.29, 0.717) is 16.9 Å². The van der Waals surface area contributed by atoms with Gasteiger partial charge in [-0.1, -0.05) is 54.1 Å². The van der Waals surface area contributed by atoms with Crippen LogP contribution in [-0.2, 0) is 4.79 Å². The average molecular weight is 414 g/mol. The van der Waals surface area contributed by atoms with Crippen molar-refractivity contribution in [3.63, 3.8) is 0 Å². The fourth-order valence-corrected chi connectivity index (χ4v) is 3.70. The van der Waals surface area contributed by atoms with Gasteiger partial charge in [-0.05, 0) is 42.3 Å². The predicted octanol–water partition coefficient (Wildman–Crippen LogP) is 3.51. The molecular formula is C25H22N2O4.